The Balaban J connectivity index is 1.03. The van der Waals surface area contributed by atoms with Gasteiger partial charge in [-0.2, -0.15) is 0 Å². The SMILES string of the molecule is c1ccc(-c2ccc(N(c3ccc(-c4ccccc4)cc3)c3ccc(-c4cc5c(cc4-c4ccccc4)-c4cc(-c6ccccc6)cc(-c6ccccc6)c4C5(c4ccccc4)c4ccccc4)cc3)cc2)cc1. The van der Waals surface area contributed by atoms with Crippen LogP contribution in [0.15, 0.2) is 309 Å². The zero-order valence-electron chi connectivity index (χ0n) is 40.9. The van der Waals surface area contributed by atoms with Crippen LogP contribution in [0.5, 0.6) is 0 Å². The summed E-state index contributed by atoms with van der Waals surface area (Å²) >= 11 is 0. The van der Waals surface area contributed by atoms with Gasteiger partial charge in [-0.25, -0.2) is 0 Å². The molecule has 74 heavy (non-hydrogen) atoms. The van der Waals surface area contributed by atoms with Gasteiger partial charge in [-0.1, -0.05) is 249 Å². The van der Waals surface area contributed by atoms with Crippen LogP contribution < -0.4 is 4.90 Å². The highest BCUT2D eigenvalue weighted by Crippen LogP contribution is 2.61. The van der Waals surface area contributed by atoms with Gasteiger partial charge in [0.25, 0.3) is 0 Å². The molecule has 0 saturated carbocycles. The van der Waals surface area contributed by atoms with Crippen LogP contribution in [0.1, 0.15) is 22.3 Å². The van der Waals surface area contributed by atoms with Crippen LogP contribution in [0.25, 0.3) is 77.9 Å². The quantitative estimate of drug-likeness (QED) is 0.125. The largest absolute Gasteiger partial charge is 0.311 e. The molecular formula is C73H51N. The third kappa shape index (κ3) is 7.93. The van der Waals surface area contributed by atoms with Gasteiger partial charge >= 0.3 is 0 Å². The van der Waals surface area contributed by atoms with Gasteiger partial charge in [-0.3, -0.25) is 0 Å². The Kier molecular flexibility index (Phi) is 11.5. The number of anilines is 3. The summed E-state index contributed by atoms with van der Waals surface area (Å²) < 4.78 is 0. The summed E-state index contributed by atoms with van der Waals surface area (Å²) in [7, 11) is 0. The van der Waals surface area contributed by atoms with E-state index in [1.165, 1.54) is 94.6 Å². The van der Waals surface area contributed by atoms with E-state index in [0.29, 0.717) is 0 Å². The smallest absolute Gasteiger partial charge is 0.0719 e. The molecule has 1 nitrogen and oxygen atoms in total. The molecule has 0 radical (unpaired) electrons. The zero-order valence-corrected chi connectivity index (χ0v) is 40.9. The molecule has 0 N–H and O–H groups in total. The average Bonchev–Trinajstić information content (AvgIpc) is 3.88. The summed E-state index contributed by atoms with van der Waals surface area (Å²) in [6.45, 7) is 0. The van der Waals surface area contributed by atoms with Gasteiger partial charge < -0.3 is 4.90 Å². The van der Waals surface area contributed by atoms with Crippen molar-refractivity contribution in [2.75, 3.05) is 4.90 Å². The van der Waals surface area contributed by atoms with Gasteiger partial charge in [-0.15, -0.1) is 0 Å². The lowest BCUT2D eigenvalue weighted by Crippen LogP contribution is -2.29. The molecule has 0 unspecified atom stereocenters. The van der Waals surface area contributed by atoms with E-state index in [9.17, 15) is 0 Å². The van der Waals surface area contributed by atoms with Crippen LogP contribution in [0.3, 0.4) is 0 Å². The number of rotatable bonds is 11. The molecule has 0 saturated heterocycles. The Morgan fingerprint density at radius 3 is 0.919 bits per heavy atom. The number of fused-ring (bicyclic) bond motifs is 3. The molecule has 13 rings (SSSR count). The minimum absolute atomic E-state index is 0.661. The fraction of sp³-hybridized carbons (Fsp3) is 0.0137. The summed E-state index contributed by atoms with van der Waals surface area (Å²) in [4.78, 5) is 2.37. The van der Waals surface area contributed by atoms with Crippen molar-refractivity contribution in [1.29, 1.82) is 0 Å². The molecule has 0 amide bonds. The van der Waals surface area contributed by atoms with Crippen molar-refractivity contribution in [3.63, 3.8) is 0 Å². The lowest BCUT2D eigenvalue weighted by Gasteiger charge is -2.36. The maximum absolute atomic E-state index is 2.53. The Bertz CT molecular complexity index is 3730. The summed E-state index contributed by atoms with van der Waals surface area (Å²) in [5, 5.41) is 0. The maximum Gasteiger partial charge on any atom is 0.0719 e. The van der Waals surface area contributed by atoms with Gasteiger partial charge in [0.1, 0.15) is 0 Å². The van der Waals surface area contributed by atoms with Crippen molar-refractivity contribution in [3.05, 3.63) is 332 Å². The first-order valence-corrected chi connectivity index (χ1v) is 25.6. The Labute approximate surface area is 434 Å². The standard InChI is InChI=1S/C73H51N/c1-8-22-52(23-9-1)55-36-42-63(43-37-55)74(64-44-38-56(39-45-64)53-24-10-2-11-25-53)65-46-40-59(41-47-65)67-51-71-69(50-66(67)57-28-14-4-15-29-57)70-49-60(54-26-12-3-13-27-54)48-68(58-30-16-5-17-31-58)72(70)73(71,61-32-18-6-19-33-61)62-34-20-7-21-35-62/h1-51H. The second-order valence-electron chi connectivity index (χ2n) is 19.2. The predicted molar refractivity (Wildman–Crippen MR) is 311 cm³/mol. The van der Waals surface area contributed by atoms with E-state index in [2.05, 4.69) is 314 Å². The van der Waals surface area contributed by atoms with E-state index in [-0.39, 0.29) is 0 Å². The second kappa shape index (κ2) is 19.2. The first kappa shape index (κ1) is 44.4. The molecule has 0 atom stereocenters. The van der Waals surface area contributed by atoms with Crippen molar-refractivity contribution in [2.24, 2.45) is 0 Å². The fourth-order valence-electron chi connectivity index (χ4n) is 11.5. The molecule has 1 heteroatoms. The van der Waals surface area contributed by atoms with Gasteiger partial charge in [0.2, 0.25) is 0 Å². The number of hydrogen-bond donors (Lipinski definition) is 0. The highest BCUT2D eigenvalue weighted by molar-refractivity contribution is 6.00. The molecule has 0 bridgehead atoms. The molecule has 0 spiro atoms. The van der Waals surface area contributed by atoms with Gasteiger partial charge in [0.15, 0.2) is 0 Å². The zero-order chi connectivity index (χ0) is 49.3. The highest BCUT2D eigenvalue weighted by Gasteiger charge is 2.48. The average molecular weight is 942 g/mol. The number of hydrogen-bond acceptors (Lipinski definition) is 1. The van der Waals surface area contributed by atoms with E-state index < -0.39 is 5.41 Å². The molecule has 1 aliphatic carbocycles. The number of nitrogens with zero attached hydrogens (tertiary/aromatic N) is 1. The van der Waals surface area contributed by atoms with Crippen molar-refractivity contribution in [3.8, 4) is 77.9 Å². The first-order valence-electron chi connectivity index (χ1n) is 25.6. The Morgan fingerprint density at radius 2 is 0.500 bits per heavy atom. The third-order valence-electron chi connectivity index (χ3n) is 15.0. The Morgan fingerprint density at radius 1 is 0.203 bits per heavy atom. The Hall–Kier alpha value is -9.56. The summed E-state index contributed by atoms with van der Waals surface area (Å²) in [5.41, 5.74) is 24.4. The highest BCUT2D eigenvalue weighted by atomic mass is 15.1. The normalized spacial score (nSPS) is 12.2. The van der Waals surface area contributed by atoms with Crippen LogP contribution in [0.4, 0.5) is 17.1 Å². The molecule has 12 aromatic rings. The molecule has 348 valence electrons. The molecule has 0 heterocycles. The molecule has 0 aromatic heterocycles. The molecule has 0 aliphatic heterocycles. The van der Waals surface area contributed by atoms with E-state index in [1.54, 1.807) is 0 Å². The minimum Gasteiger partial charge on any atom is -0.311 e. The lowest BCUT2D eigenvalue weighted by molar-refractivity contribution is 0.771. The van der Waals surface area contributed by atoms with Crippen LogP contribution in [-0.4, -0.2) is 0 Å². The van der Waals surface area contributed by atoms with Gasteiger partial charge in [0, 0.05) is 17.1 Å². The first-order chi connectivity index (χ1) is 36.7. The van der Waals surface area contributed by atoms with Gasteiger partial charge in [-0.05, 0) is 161 Å². The summed E-state index contributed by atoms with van der Waals surface area (Å²) in [6.07, 6.45) is 0. The number of benzene rings is 12. The van der Waals surface area contributed by atoms with Crippen molar-refractivity contribution in [1.82, 2.24) is 0 Å². The lowest BCUT2D eigenvalue weighted by atomic mass is 9.65. The van der Waals surface area contributed by atoms with E-state index >= 15 is 0 Å². The van der Waals surface area contributed by atoms with Gasteiger partial charge in [0.05, 0.1) is 5.41 Å². The van der Waals surface area contributed by atoms with Crippen LogP contribution in [-0.2, 0) is 5.41 Å². The minimum atomic E-state index is -0.661. The molecule has 1 aliphatic rings. The molecular weight excluding hydrogens is 891 g/mol. The fourth-order valence-corrected chi connectivity index (χ4v) is 11.5. The summed E-state index contributed by atoms with van der Waals surface area (Å²) in [5.74, 6) is 0. The summed E-state index contributed by atoms with van der Waals surface area (Å²) in [6, 6.07) is 113. The predicted octanol–water partition coefficient (Wildman–Crippen LogP) is 19.5. The second-order valence-corrected chi connectivity index (χ2v) is 19.2. The van der Waals surface area contributed by atoms with E-state index in [1.807, 2.05) is 0 Å². The third-order valence-corrected chi connectivity index (χ3v) is 15.0. The van der Waals surface area contributed by atoms with Crippen LogP contribution in [0, 0.1) is 0 Å². The van der Waals surface area contributed by atoms with E-state index in [0.717, 1.165) is 22.6 Å². The van der Waals surface area contributed by atoms with E-state index in [4.69, 9.17) is 0 Å². The molecule has 12 aromatic carbocycles. The monoisotopic (exact) mass is 941 g/mol. The van der Waals surface area contributed by atoms with Crippen molar-refractivity contribution >= 4 is 17.1 Å². The van der Waals surface area contributed by atoms with Crippen molar-refractivity contribution < 1.29 is 0 Å². The maximum atomic E-state index is 2.53. The van der Waals surface area contributed by atoms with Crippen LogP contribution >= 0.6 is 0 Å². The topological polar surface area (TPSA) is 3.24 Å². The molecule has 0 fully saturated rings. The van der Waals surface area contributed by atoms with Crippen molar-refractivity contribution in [2.45, 2.75) is 5.41 Å². The van der Waals surface area contributed by atoms with Crippen LogP contribution in [0.2, 0.25) is 0 Å².